The van der Waals surface area contributed by atoms with Crippen LogP contribution in [0.3, 0.4) is 0 Å². The Morgan fingerprint density at radius 3 is 2.49 bits per heavy atom. The summed E-state index contributed by atoms with van der Waals surface area (Å²) in [7, 11) is 0. The van der Waals surface area contributed by atoms with Crippen molar-refractivity contribution in [1.82, 2.24) is 19.8 Å². The van der Waals surface area contributed by atoms with E-state index in [9.17, 15) is 24.0 Å². The van der Waals surface area contributed by atoms with E-state index in [1.165, 1.54) is 0 Å². The average Bonchev–Trinajstić information content (AvgIpc) is 3.03. The van der Waals surface area contributed by atoms with Gasteiger partial charge in [-0.3, -0.25) is 34.1 Å². The number of anilines is 1. The molecule has 37 heavy (non-hydrogen) atoms. The third kappa shape index (κ3) is 6.42. The lowest BCUT2D eigenvalue weighted by Gasteiger charge is -2.39. The molecule has 1 aromatic rings. The predicted molar refractivity (Wildman–Crippen MR) is 138 cm³/mol. The molecule has 0 bridgehead atoms. The van der Waals surface area contributed by atoms with Crippen LogP contribution in [0.5, 0.6) is 0 Å². The number of hydrogen-bond acceptors (Lipinski definition) is 9. The normalized spacial score (nSPS) is 20.0. The van der Waals surface area contributed by atoms with Gasteiger partial charge in [0.05, 0.1) is 16.4 Å². The van der Waals surface area contributed by atoms with E-state index in [2.05, 4.69) is 15.4 Å². The molecular weight excluding hydrogens is 498 g/mol. The molecule has 1 atom stereocenters. The van der Waals surface area contributed by atoms with E-state index < -0.39 is 35.3 Å². The maximum absolute atomic E-state index is 12.9. The van der Waals surface area contributed by atoms with Gasteiger partial charge in [-0.2, -0.15) is 0 Å². The molecule has 3 N–H and O–H groups in total. The topological polar surface area (TPSA) is 137 Å². The minimum Gasteiger partial charge on any atom is -0.444 e. The van der Waals surface area contributed by atoms with Gasteiger partial charge in [-0.05, 0) is 58.2 Å². The summed E-state index contributed by atoms with van der Waals surface area (Å²) >= 11 is 1.64. The summed E-state index contributed by atoms with van der Waals surface area (Å²) in [5.41, 5.74) is 0.773. The van der Waals surface area contributed by atoms with E-state index in [0.717, 1.165) is 30.0 Å². The second kappa shape index (κ2) is 11.1. The zero-order valence-electron chi connectivity index (χ0n) is 21.3. The van der Waals surface area contributed by atoms with Crippen LogP contribution in [0.25, 0.3) is 0 Å². The highest BCUT2D eigenvalue weighted by atomic mass is 32.2. The number of fused-ring (bicyclic) bond motifs is 1. The highest BCUT2D eigenvalue weighted by Crippen LogP contribution is 2.29. The van der Waals surface area contributed by atoms with Crippen LogP contribution in [-0.2, 0) is 14.3 Å². The molecular formula is C25H33N5O6S. The van der Waals surface area contributed by atoms with Gasteiger partial charge in [-0.1, -0.05) is 11.9 Å². The Labute approximate surface area is 220 Å². The number of hydrogen-bond donors (Lipinski definition) is 3. The van der Waals surface area contributed by atoms with Crippen molar-refractivity contribution in [3.8, 4) is 0 Å². The van der Waals surface area contributed by atoms with Gasteiger partial charge in [-0.25, -0.2) is 4.79 Å². The Bertz CT molecular complexity index is 1100. The highest BCUT2D eigenvalue weighted by molar-refractivity contribution is 7.98. The molecule has 0 saturated carbocycles. The van der Waals surface area contributed by atoms with E-state index in [1.807, 2.05) is 20.8 Å². The fourth-order valence-electron chi connectivity index (χ4n) is 4.30. The number of ether oxygens (including phenoxy) is 1. The Hall–Kier alpha value is -3.12. The Balaban J connectivity index is 1.14. The minimum absolute atomic E-state index is 0.0924. The molecule has 200 valence electrons. The fraction of sp³-hybridized carbons (Fsp3) is 0.560. The number of carbonyl (C=O) groups excluding carboxylic acids is 5. The van der Waals surface area contributed by atoms with Gasteiger partial charge >= 0.3 is 6.09 Å². The van der Waals surface area contributed by atoms with Crippen molar-refractivity contribution in [3.05, 3.63) is 29.3 Å². The maximum atomic E-state index is 12.9. The van der Waals surface area contributed by atoms with Crippen LogP contribution in [0, 0.1) is 0 Å². The SMILES string of the molecule is CC(C)(C)OC(=O)N1CC(SNCCCCNc2ccc3c(c2)C(=O)N(C2CCC(=O)NC2=O)C3=O)C1. The van der Waals surface area contributed by atoms with Crippen molar-refractivity contribution in [3.63, 3.8) is 0 Å². The Kier molecular flexibility index (Phi) is 8.08. The van der Waals surface area contributed by atoms with Crippen molar-refractivity contribution in [2.75, 3.05) is 31.5 Å². The number of carbonyl (C=O) groups is 5. The molecule has 2 saturated heterocycles. The van der Waals surface area contributed by atoms with Crippen LogP contribution in [0.4, 0.5) is 10.5 Å². The van der Waals surface area contributed by atoms with Crippen molar-refractivity contribution in [2.24, 2.45) is 0 Å². The number of amides is 5. The summed E-state index contributed by atoms with van der Waals surface area (Å²) in [5.74, 6) is -2.04. The van der Waals surface area contributed by atoms with Crippen LogP contribution in [0.15, 0.2) is 18.2 Å². The van der Waals surface area contributed by atoms with E-state index >= 15 is 0 Å². The Morgan fingerprint density at radius 2 is 1.78 bits per heavy atom. The average molecular weight is 532 g/mol. The highest BCUT2D eigenvalue weighted by Gasteiger charge is 2.44. The summed E-state index contributed by atoms with van der Waals surface area (Å²) in [6, 6.07) is 4.02. The molecule has 4 rings (SSSR count). The third-order valence-corrected chi connectivity index (χ3v) is 7.23. The number of nitrogens with zero attached hydrogens (tertiary/aromatic N) is 2. The van der Waals surface area contributed by atoms with E-state index in [1.54, 1.807) is 35.0 Å². The van der Waals surface area contributed by atoms with Gasteiger partial charge in [-0.15, -0.1) is 0 Å². The summed E-state index contributed by atoms with van der Waals surface area (Å²) in [4.78, 5) is 63.9. The van der Waals surface area contributed by atoms with Crippen molar-refractivity contribution >= 4 is 47.4 Å². The molecule has 3 aliphatic rings. The fourth-order valence-corrected chi connectivity index (χ4v) is 5.31. The summed E-state index contributed by atoms with van der Waals surface area (Å²) in [5, 5.41) is 5.83. The first kappa shape index (κ1) is 26.9. The summed E-state index contributed by atoms with van der Waals surface area (Å²) < 4.78 is 8.71. The van der Waals surface area contributed by atoms with E-state index in [4.69, 9.17) is 4.74 Å². The number of benzene rings is 1. The number of likely N-dealkylation sites (tertiary alicyclic amines) is 1. The van der Waals surface area contributed by atoms with Crippen LogP contribution in [0.1, 0.15) is 67.2 Å². The number of unbranched alkanes of at least 4 members (excludes halogenated alkanes) is 1. The molecule has 0 aliphatic carbocycles. The molecule has 0 aromatic heterocycles. The minimum atomic E-state index is -0.966. The predicted octanol–water partition coefficient (Wildman–Crippen LogP) is 2.14. The second-order valence-electron chi connectivity index (χ2n) is 10.4. The lowest BCUT2D eigenvalue weighted by atomic mass is 10.0. The first-order valence-corrected chi connectivity index (χ1v) is 13.4. The van der Waals surface area contributed by atoms with E-state index in [0.29, 0.717) is 24.9 Å². The second-order valence-corrected chi connectivity index (χ2v) is 11.6. The molecule has 3 aliphatic heterocycles. The standard InChI is InChI=1S/C25H33N5O6S/c1-25(2,3)36-24(35)29-13-16(14-29)37-27-11-5-4-10-26-15-6-7-17-18(12-15)23(34)30(22(17)33)19-8-9-20(31)28-21(19)32/h6-7,12,16,19,26-27H,4-5,8-11,13-14H2,1-3H3,(H,28,31,32). The molecule has 1 aromatic carbocycles. The summed E-state index contributed by atoms with van der Waals surface area (Å²) in [6.45, 7) is 8.44. The first-order valence-electron chi connectivity index (χ1n) is 12.5. The van der Waals surface area contributed by atoms with Gasteiger partial charge in [0.25, 0.3) is 11.8 Å². The summed E-state index contributed by atoms with van der Waals surface area (Å²) in [6.07, 6.45) is 1.80. The molecule has 11 nitrogen and oxygen atoms in total. The number of imide groups is 2. The zero-order chi connectivity index (χ0) is 26.7. The first-order chi connectivity index (χ1) is 17.5. The molecule has 12 heteroatoms. The lowest BCUT2D eigenvalue weighted by Crippen LogP contribution is -2.54. The monoisotopic (exact) mass is 531 g/mol. The van der Waals surface area contributed by atoms with Crippen molar-refractivity contribution < 1.29 is 28.7 Å². The molecule has 0 spiro atoms. The Morgan fingerprint density at radius 1 is 1.08 bits per heavy atom. The van der Waals surface area contributed by atoms with Crippen LogP contribution < -0.4 is 15.4 Å². The lowest BCUT2D eigenvalue weighted by molar-refractivity contribution is -0.136. The van der Waals surface area contributed by atoms with E-state index in [-0.39, 0.29) is 30.1 Å². The van der Waals surface area contributed by atoms with Gasteiger partial charge in [0.15, 0.2) is 0 Å². The maximum Gasteiger partial charge on any atom is 0.410 e. The van der Waals surface area contributed by atoms with Crippen molar-refractivity contribution in [1.29, 1.82) is 0 Å². The quantitative estimate of drug-likeness (QED) is 0.249. The van der Waals surface area contributed by atoms with Gasteiger partial charge in [0.1, 0.15) is 11.6 Å². The molecule has 5 amide bonds. The third-order valence-electron chi connectivity index (χ3n) is 6.22. The number of rotatable bonds is 9. The number of piperidine rings is 1. The molecule has 1 unspecified atom stereocenters. The van der Waals surface area contributed by atoms with Crippen LogP contribution in [-0.4, -0.2) is 82.6 Å². The molecule has 3 heterocycles. The number of nitrogens with one attached hydrogen (secondary N) is 3. The van der Waals surface area contributed by atoms with Crippen LogP contribution >= 0.6 is 11.9 Å². The largest absolute Gasteiger partial charge is 0.444 e. The molecule has 0 radical (unpaired) electrons. The smallest absolute Gasteiger partial charge is 0.410 e. The van der Waals surface area contributed by atoms with Gasteiger partial charge < -0.3 is 15.0 Å². The van der Waals surface area contributed by atoms with Crippen LogP contribution in [0.2, 0.25) is 0 Å². The van der Waals surface area contributed by atoms with Crippen molar-refractivity contribution in [2.45, 2.75) is 63.3 Å². The van der Waals surface area contributed by atoms with Gasteiger partial charge in [0, 0.05) is 38.3 Å². The molecule has 2 fully saturated rings. The van der Waals surface area contributed by atoms with Gasteiger partial charge in [0.2, 0.25) is 11.8 Å². The zero-order valence-corrected chi connectivity index (χ0v) is 22.1.